The Kier molecular flexibility index (Phi) is 5.54. The van der Waals surface area contributed by atoms with Crippen LogP contribution in [0.1, 0.15) is 34.8 Å². The number of hydrogen-bond acceptors (Lipinski definition) is 3. The van der Waals surface area contributed by atoms with Crippen molar-refractivity contribution in [2.75, 3.05) is 19.6 Å². The maximum atomic E-state index is 12.1. The second kappa shape index (κ2) is 6.93. The number of nitrogens with zero attached hydrogens (tertiary/aromatic N) is 2. The first-order valence-electron chi connectivity index (χ1n) is 6.28. The van der Waals surface area contributed by atoms with Gasteiger partial charge in [-0.2, -0.15) is 5.26 Å². The molecule has 1 rings (SSSR count). The lowest BCUT2D eigenvalue weighted by Crippen LogP contribution is -2.30. The molecule has 0 unspecified atom stereocenters. The minimum Gasteiger partial charge on any atom is -0.295 e. The number of benzene rings is 1. The van der Waals surface area contributed by atoms with E-state index in [4.69, 9.17) is 5.26 Å². The van der Waals surface area contributed by atoms with Crippen LogP contribution in [0.25, 0.3) is 0 Å². The fourth-order valence-electron chi connectivity index (χ4n) is 1.77. The third-order valence-corrected chi connectivity index (χ3v) is 3.18. The molecule has 0 amide bonds. The highest BCUT2D eigenvalue weighted by Crippen LogP contribution is 2.11. The molecule has 3 heteroatoms. The highest BCUT2D eigenvalue weighted by atomic mass is 16.1. The van der Waals surface area contributed by atoms with Crippen LogP contribution in [0.5, 0.6) is 0 Å². The van der Waals surface area contributed by atoms with Crippen molar-refractivity contribution in [1.29, 1.82) is 5.26 Å². The summed E-state index contributed by atoms with van der Waals surface area (Å²) in [5, 5.41) is 8.57. The Bertz CT molecular complexity index is 460. The molecule has 1 aromatic carbocycles. The first kappa shape index (κ1) is 14.4. The zero-order chi connectivity index (χ0) is 13.5. The Labute approximate surface area is 109 Å². The van der Waals surface area contributed by atoms with Gasteiger partial charge in [0.05, 0.1) is 12.6 Å². The van der Waals surface area contributed by atoms with Crippen LogP contribution < -0.4 is 0 Å². The summed E-state index contributed by atoms with van der Waals surface area (Å²) in [4.78, 5) is 14.1. The molecule has 0 aromatic heterocycles. The number of likely N-dealkylation sites (N-methyl/N-ethyl adjacent to an activating group) is 1. The van der Waals surface area contributed by atoms with Gasteiger partial charge in [-0.3, -0.25) is 9.69 Å². The van der Waals surface area contributed by atoms with Crippen LogP contribution in [0, 0.1) is 25.2 Å². The van der Waals surface area contributed by atoms with E-state index in [0.29, 0.717) is 19.5 Å². The number of aryl methyl sites for hydroxylation is 2. The van der Waals surface area contributed by atoms with Gasteiger partial charge < -0.3 is 0 Å². The number of carbonyl (C=O) groups excluding carboxylic acids is 1. The van der Waals surface area contributed by atoms with E-state index >= 15 is 0 Å². The molecule has 0 saturated carbocycles. The van der Waals surface area contributed by atoms with Crippen LogP contribution in [0.2, 0.25) is 0 Å². The summed E-state index contributed by atoms with van der Waals surface area (Å²) in [7, 11) is 0. The predicted molar refractivity (Wildman–Crippen MR) is 72.6 cm³/mol. The highest BCUT2D eigenvalue weighted by molar-refractivity contribution is 5.97. The highest BCUT2D eigenvalue weighted by Gasteiger charge is 2.11. The van der Waals surface area contributed by atoms with E-state index in [2.05, 4.69) is 6.07 Å². The van der Waals surface area contributed by atoms with Crippen LogP contribution >= 0.6 is 0 Å². The standard InChI is InChI=1S/C15H20N2O/c1-4-17(9-5-8-16)11-15(18)14-7-6-12(2)13(3)10-14/h6-7,10H,4-5,9,11H2,1-3H3. The first-order valence-corrected chi connectivity index (χ1v) is 6.28. The predicted octanol–water partition coefficient (Wildman–Crippen LogP) is 2.72. The molecule has 0 bridgehead atoms. The molecular weight excluding hydrogens is 224 g/mol. The maximum absolute atomic E-state index is 12.1. The van der Waals surface area contributed by atoms with Gasteiger partial charge in [0.25, 0.3) is 0 Å². The van der Waals surface area contributed by atoms with E-state index in [1.54, 1.807) is 0 Å². The molecule has 0 radical (unpaired) electrons. The normalized spacial score (nSPS) is 10.4. The Morgan fingerprint density at radius 1 is 1.33 bits per heavy atom. The van der Waals surface area contributed by atoms with Crippen molar-refractivity contribution in [3.63, 3.8) is 0 Å². The summed E-state index contributed by atoms with van der Waals surface area (Å²) in [5.41, 5.74) is 3.10. The second-order valence-corrected chi connectivity index (χ2v) is 4.50. The maximum Gasteiger partial charge on any atom is 0.176 e. The van der Waals surface area contributed by atoms with Crippen molar-refractivity contribution in [1.82, 2.24) is 4.90 Å². The van der Waals surface area contributed by atoms with Crippen molar-refractivity contribution in [3.05, 3.63) is 34.9 Å². The molecule has 0 saturated heterocycles. The molecule has 0 heterocycles. The lowest BCUT2D eigenvalue weighted by Gasteiger charge is -2.18. The Hall–Kier alpha value is -1.66. The van der Waals surface area contributed by atoms with E-state index in [9.17, 15) is 4.79 Å². The molecule has 0 aliphatic heterocycles. The van der Waals surface area contributed by atoms with Crippen LogP contribution in [0.4, 0.5) is 0 Å². The number of nitriles is 1. The van der Waals surface area contributed by atoms with Crippen LogP contribution in [0.15, 0.2) is 18.2 Å². The van der Waals surface area contributed by atoms with E-state index in [0.717, 1.165) is 17.7 Å². The van der Waals surface area contributed by atoms with Crippen LogP contribution in [-0.4, -0.2) is 30.3 Å². The van der Waals surface area contributed by atoms with Crippen LogP contribution in [-0.2, 0) is 0 Å². The minimum absolute atomic E-state index is 0.123. The average molecular weight is 244 g/mol. The molecule has 0 N–H and O–H groups in total. The molecular formula is C15H20N2O. The summed E-state index contributed by atoms with van der Waals surface area (Å²) >= 11 is 0. The molecule has 1 aromatic rings. The Morgan fingerprint density at radius 2 is 2.06 bits per heavy atom. The van der Waals surface area contributed by atoms with Gasteiger partial charge in [0, 0.05) is 18.5 Å². The summed E-state index contributed by atoms with van der Waals surface area (Å²) in [6, 6.07) is 7.91. The summed E-state index contributed by atoms with van der Waals surface area (Å²) < 4.78 is 0. The third kappa shape index (κ3) is 3.97. The lowest BCUT2D eigenvalue weighted by molar-refractivity contribution is 0.0935. The average Bonchev–Trinajstić information content (AvgIpc) is 2.37. The first-order chi connectivity index (χ1) is 8.58. The third-order valence-electron chi connectivity index (χ3n) is 3.18. The van der Waals surface area contributed by atoms with Gasteiger partial charge in [0.15, 0.2) is 5.78 Å². The van der Waals surface area contributed by atoms with Crippen molar-refractivity contribution in [3.8, 4) is 6.07 Å². The molecule has 3 nitrogen and oxygen atoms in total. The molecule has 0 atom stereocenters. The van der Waals surface area contributed by atoms with Crippen molar-refractivity contribution < 1.29 is 4.79 Å². The van der Waals surface area contributed by atoms with Crippen molar-refractivity contribution in [2.45, 2.75) is 27.2 Å². The molecule has 0 spiro atoms. The SMILES string of the molecule is CCN(CCC#N)CC(=O)c1ccc(C)c(C)c1. The fraction of sp³-hybridized carbons (Fsp3) is 0.467. The van der Waals surface area contributed by atoms with E-state index in [1.165, 1.54) is 5.56 Å². The number of ketones is 1. The summed E-state index contributed by atoms with van der Waals surface area (Å²) in [6.07, 6.45) is 0.466. The number of hydrogen-bond donors (Lipinski definition) is 0. The molecule has 0 fully saturated rings. The zero-order valence-electron chi connectivity index (χ0n) is 11.4. The number of rotatable bonds is 6. The van der Waals surface area contributed by atoms with Gasteiger partial charge in [-0.25, -0.2) is 0 Å². The van der Waals surface area contributed by atoms with Crippen molar-refractivity contribution in [2.24, 2.45) is 0 Å². The summed E-state index contributed by atoms with van der Waals surface area (Å²) in [5.74, 6) is 0.123. The van der Waals surface area contributed by atoms with E-state index in [1.807, 2.05) is 43.9 Å². The van der Waals surface area contributed by atoms with Crippen molar-refractivity contribution >= 4 is 5.78 Å². The quantitative estimate of drug-likeness (QED) is 0.723. The summed E-state index contributed by atoms with van der Waals surface area (Å²) in [6.45, 7) is 7.89. The van der Waals surface area contributed by atoms with E-state index in [-0.39, 0.29) is 5.78 Å². The molecule has 0 aliphatic carbocycles. The van der Waals surface area contributed by atoms with Gasteiger partial charge in [0.1, 0.15) is 0 Å². The fourth-order valence-corrected chi connectivity index (χ4v) is 1.77. The molecule has 0 aliphatic rings. The Morgan fingerprint density at radius 3 is 2.61 bits per heavy atom. The number of Topliss-reactive ketones (excluding diaryl/α,β-unsaturated/α-hetero) is 1. The largest absolute Gasteiger partial charge is 0.295 e. The lowest BCUT2D eigenvalue weighted by atomic mass is 10.0. The van der Waals surface area contributed by atoms with Gasteiger partial charge in [-0.1, -0.05) is 19.1 Å². The van der Waals surface area contributed by atoms with E-state index < -0.39 is 0 Å². The second-order valence-electron chi connectivity index (χ2n) is 4.50. The molecule has 96 valence electrons. The van der Waals surface area contributed by atoms with Crippen LogP contribution in [0.3, 0.4) is 0 Å². The Balaban J connectivity index is 2.69. The number of carbonyl (C=O) groups is 1. The van der Waals surface area contributed by atoms with Gasteiger partial charge in [0.2, 0.25) is 0 Å². The minimum atomic E-state index is 0.123. The molecule has 18 heavy (non-hydrogen) atoms. The monoisotopic (exact) mass is 244 g/mol. The van der Waals surface area contributed by atoms with Gasteiger partial charge in [-0.15, -0.1) is 0 Å². The van der Waals surface area contributed by atoms with Gasteiger partial charge >= 0.3 is 0 Å². The zero-order valence-corrected chi connectivity index (χ0v) is 11.4. The topological polar surface area (TPSA) is 44.1 Å². The van der Waals surface area contributed by atoms with Gasteiger partial charge in [-0.05, 0) is 37.6 Å². The smallest absolute Gasteiger partial charge is 0.176 e.